The summed E-state index contributed by atoms with van der Waals surface area (Å²) in [5.41, 5.74) is 2.63. The molecule has 272 valence electrons. The molecule has 2 amide bonds. The minimum absolute atomic E-state index is 0. The Kier molecular flexibility index (Phi) is 10.3. The Morgan fingerprint density at radius 3 is 2.40 bits per heavy atom. The van der Waals surface area contributed by atoms with Gasteiger partial charge in [0.25, 0.3) is 0 Å². The number of anilines is 1. The Morgan fingerprint density at radius 2 is 1.68 bits per heavy atom. The van der Waals surface area contributed by atoms with Gasteiger partial charge in [0.2, 0.25) is 11.8 Å². The summed E-state index contributed by atoms with van der Waals surface area (Å²) in [5, 5.41) is -0.894. The van der Waals surface area contributed by atoms with Crippen LogP contribution in [0.25, 0.3) is 11.2 Å². The monoisotopic (exact) mass is 707 g/mol. The predicted octanol–water partition coefficient (Wildman–Crippen LogP) is 6.20. The SMILES string of the molecule is CC(C)(C)CCN1C(=O)[C@H](CC(=O)N2CCC(n3c(=O)[nH]c4ncccc43)CC2)S[C@H]1c1cccc(F)c1N1CCC(N2CCCCC2)CC1.[HH]. The molecule has 7 rings (SSSR count). The van der Waals surface area contributed by atoms with Gasteiger partial charge in [-0.15, -0.1) is 11.8 Å². The molecule has 12 heteroatoms. The summed E-state index contributed by atoms with van der Waals surface area (Å²) in [4.78, 5) is 56.4. The van der Waals surface area contributed by atoms with Gasteiger partial charge in [-0.1, -0.05) is 39.3 Å². The third kappa shape index (κ3) is 7.33. The molecule has 6 heterocycles. The average Bonchev–Trinajstić information content (AvgIpc) is 3.62. The molecule has 0 aliphatic carbocycles. The minimum Gasteiger partial charge on any atom is -0.369 e. The fourth-order valence-electron chi connectivity index (χ4n) is 8.43. The van der Waals surface area contributed by atoms with Gasteiger partial charge in [-0.2, -0.15) is 0 Å². The molecule has 50 heavy (non-hydrogen) atoms. The number of aromatic amines is 1. The maximum Gasteiger partial charge on any atom is 0.327 e. The highest BCUT2D eigenvalue weighted by molar-refractivity contribution is 8.01. The van der Waals surface area contributed by atoms with Crippen LogP contribution in [0.2, 0.25) is 0 Å². The van der Waals surface area contributed by atoms with E-state index in [0.29, 0.717) is 49.9 Å². The van der Waals surface area contributed by atoms with Crippen molar-refractivity contribution in [1.29, 1.82) is 0 Å². The lowest BCUT2D eigenvalue weighted by atomic mass is 9.92. The number of likely N-dealkylation sites (tertiary alicyclic amines) is 2. The number of para-hydroxylation sites is 1. The van der Waals surface area contributed by atoms with Crippen LogP contribution in [0.3, 0.4) is 0 Å². The van der Waals surface area contributed by atoms with E-state index in [4.69, 9.17) is 0 Å². The standard InChI is InChI=1S/C38H52FN7O3S.H2/c1-38(2,3)16-24-45-35(48)31(25-32(47)43-20-14-27(15-21-43)46-30-11-8-17-40-34(30)41-37(46)49)50-36(45)28-9-7-10-29(39)33(28)44-22-12-26(13-23-44)42-18-5-4-6-19-42;/h7-11,17,26-27,31,36H,4-6,12-16,18-25H2,1-3H3,(H,40,41,49);1H/t31-,36-;/m0./s1. The van der Waals surface area contributed by atoms with Crippen LogP contribution < -0.4 is 10.6 Å². The van der Waals surface area contributed by atoms with Crippen molar-refractivity contribution in [3.05, 3.63) is 58.4 Å². The second-order valence-electron chi connectivity index (χ2n) is 15.8. The Balaban J connectivity index is 0.00000448. The van der Waals surface area contributed by atoms with E-state index in [2.05, 4.69) is 40.5 Å². The van der Waals surface area contributed by atoms with Crippen LogP contribution in [0.4, 0.5) is 10.1 Å². The molecule has 0 spiro atoms. The number of nitrogens with one attached hydrogen (secondary N) is 1. The van der Waals surface area contributed by atoms with Gasteiger partial charge in [0.15, 0.2) is 5.65 Å². The predicted molar refractivity (Wildman–Crippen MR) is 199 cm³/mol. The number of benzene rings is 1. The largest absolute Gasteiger partial charge is 0.369 e. The van der Waals surface area contributed by atoms with Gasteiger partial charge >= 0.3 is 5.69 Å². The molecule has 2 aromatic heterocycles. The zero-order valence-corrected chi connectivity index (χ0v) is 30.6. The number of imidazole rings is 1. The Bertz CT molecular complexity index is 1740. The number of hydrogen-bond donors (Lipinski definition) is 1. The Labute approximate surface area is 300 Å². The van der Waals surface area contributed by atoms with Crippen LogP contribution in [0.15, 0.2) is 41.3 Å². The highest BCUT2D eigenvalue weighted by Gasteiger charge is 2.44. The van der Waals surface area contributed by atoms with E-state index in [1.807, 2.05) is 28.0 Å². The minimum atomic E-state index is -0.534. The topological polar surface area (TPSA) is 97.8 Å². The number of aromatic nitrogens is 3. The van der Waals surface area contributed by atoms with E-state index in [0.717, 1.165) is 43.4 Å². The molecule has 4 saturated heterocycles. The fourth-order valence-corrected chi connectivity index (χ4v) is 9.93. The number of carbonyl (C=O) groups excluding carboxylic acids is 2. The van der Waals surface area contributed by atoms with Crippen LogP contribution in [0, 0.1) is 11.2 Å². The number of halogens is 1. The second-order valence-corrected chi connectivity index (χ2v) is 17.1. The zero-order chi connectivity index (χ0) is 35.0. The molecule has 1 aromatic carbocycles. The normalized spacial score (nSPS) is 23.4. The van der Waals surface area contributed by atoms with E-state index in [1.54, 1.807) is 22.9 Å². The van der Waals surface area contributed by atoms with Crippen molar-refractivity contribution >= 4 is 40.4 Å². The lowest BCUT2D eigenvalue weighted by Gasteiger charge is -2.42. The molecule has 4 aliphatic heterocycles. The molecule has 0 radical (unpaired) electrons. The van der Waals surface area contributed by atoms with Gasteiger partial charge in [0.05, 0.1) is 16.5 Å². The highest BCUT2D eigenvalue weighted by atomic mass is 32.2. The number of rotatable bonds is 8. The first-order valence-corrected chi connectivity index (χ1v) is 19.6. The summed E-state index contributed by atoms with van der Waals surface area (Å²) in [7, 11) is 0. The molecule has 4 aliphatic rings. The fraction of sp³-hybridized carbons (Fsp3) is 0.632. The van der Waals surface area contributed by atoms with Crippen molar-refractivity contribution in [3.8, 4) is 0 Å². The van der Waals surface area contributed by atoms with E-state index < -0.39 is 5.25 Å². The first-order chi connectivity index (χ1) is 24.1. The summed E-state index contributed by atoms with van der Waals surface area (Å²) < 4.78 is 17.7. The van der Waals surface area contributed by atoms with Crippen LogP contribution in [0.1, 0.15) is 97.0 Å². The van der Waals surface area contributed by atoms with Crippen molar-refractivity contribution in [2.45, 2.75) is 101 Å². The number of nitrogens with zero attached hydrogens (tertiary/aromatic N) is 6. The lowest BCUT2D eigenvalue weighted by molar-refractivity contribution is -0.136. The van der Waals surface area contributed by atoms with Crippen LogP contribution in [0.5, 0.6) is 0 Å². The smallest absolute Gasteiger partial charge is 0.327 e. The van der Waals surface area contributed by atoms with Crippen molar-refractivity contribution < 1.29 is 15.4 Å². The molecule has 10 nitrogen and oxygen atoms in total. The number of amides is 2. The molecule has 0 unspecified atom stereocenters. The number of carbonyl (C=O) groups is 2. The number of thioether (sulfide) groups is 1. The number of piperidine rings is 3. The number of H-pyrrole nitrogens is 1. The molecule has 1 N–H and O–H groups in total. The van der Waals surface area contributed by atoms with Crippen molar-refractivity contribution in [1.82, 2.24) is 29.2 Å². The number of hydrogen-bond acceptors (Lipinski definition) is 7. The molecule has 4 fully saturated rings. The van der Waals surface area contributed by atoms with Crippen LogP contribution in [-0.4, -0.2) is 98.2 Å². The molecule has 2 atom stereocenters. The molecule has 0 saturated carbocycles. The average molecular weight is 708 g/mol. The zero-order valence-electron chi connectivity index (χ0n) is 29.8. The van der Waals surface area contributed by atoms with E-state index in [1.165, 1.54) is 44.1 Å². The van der Waals surface area contributed by atoms with Gasteiger partial charge < -0.3 is 19.6 Å². The summed E-state index contributed by atoms with van der Waals surface area (Å²) in [6.07, 6.45) is 9.75. The molecule has 3 aromatic rings. The summed E-state index contributed by atoms with van der Waals surface area (Å²) in [5.74, 6) is -0.322. The van der Waals surface area contributed by atoms with Crippen LogP contribution in [-0.2, 0) is 9.59 Å². The molecule has 0 bridgehead atoms. The van der Waals surface area contributed by atoms with Crippen LogP contribution >= 0.6 is 11.8 Å². The number of pyridine rings is 1. The van der Waals surface area contributed by atoms with Gasteiger partial charge in [0.1, 0.15) is 11.2 Å². The Hall–Kier alpha value is -3.38. The lowest BCUT2D eigenvalue weighted by Crippen LogP contribution is -2.47. The highest BCUT2D eigenvalue weighted by Crippen LogP contribution is 2.49. The van der Waals surface area contributed by atoms with Crippen molar-refractivity contribution in [2.24, 2.45) is 5.41 Å². The van der Waals surface area contributed by atoms with Gasteiger partial charge in [-0.05, 0) is 81.6 Å². The van der Waals surface area contributed by atoms with Crippen molar-refractivity contribution in [3.63, 3.8) is 0 Å². The first kappa shape index (κ1) is 35.0. The quantitative estimate of drug-likeness (QED) is 0.298. The summed E-state index contributed by atoms with van der Waals surface area (Å²) in [6.45, 7) is 12.0. The number of fused-ring (bicyclic) bond motifs is 1. The van der Waals surface area contributed by atoms with E-state index in [-0.39, 0.29) is 48.0 Å². The van der Waals surface area contributed by atoms with Gasteiger partial charge in [-0.25, -0.2) is 14.2 Å². The third-order valence-corrected chi connectivity index (χ3v) is 12.7. The maximum absolute atomic E-state index is 15.9. The van der Waals surface area contributed by atoms with E-state index in [9.17, 15) is 14.4 Å². The molecular formula is C38H54FN7O3S. The third-order valence-electron chi connectivity index (χ3n) is 11.2. The van der Waals surface area contributed by atoms with Crippen molar-refractivity contribution in [2.75, 3.05) is 50.7 Å². The van der Waals surface area contributed by atoms with E-state index >= 15 is 4.39 Å². The summed E-state index contributed by atoms with van der Waals surface area (Å²) in [6, 6.07) is 9.53. The molecular weight excluding hydrogens is 654 g/mol. The van der Waals surface area contributed by atoms with Gasteiger partial charge in [-0.3, -0.25) is 19.1 Å². The summed E-state index contributed by atoms with van der Waals surface area (Å²) >= 11 is 1.51. The van der Waals surface area contributed by atoms with Gasteiger partial charge in [0, 0.05) is 64.4 Å². The second kappa shape index (κ2) is 14.7. The maximum atomic E-state index is 15.9. The Morgan fingerprint density at radius 1 is 0.960 bits per heavy atom. The first-order valence-electron chi connectivity index (χ1n) is 18.6.